The molecule has 5 heteroatoms. The second kappa shape index (κ2) is 5.25. The van der Waals surface area contributed by atoms with E-state index in [0.29, 0.717) is 18.8 Å². The fourth-order valence-corrected chi connectivity index (χ4v) is 1.86. The second-order valence-corrected chi connectivity index (χ2v) is 4.34. The first-order valence-corrected chi connectivity index (χ1v) is 5.68. The van der Waals surface area contributed by atoms with Crippen LogP contribution in [0.5, 0.6) is 0 Å². The molecular weight excluding hydrogens is 218 g/mol. The summed E-state index contributed by atoms with van der Waals surface area (Å²) in [6.07, 6.45) is 3.21. The summed E-state index contributed by atoms with van der Waals surface area (Å²) in [4.78, 5) is 18.1. The summed E-state index contributed by atoms with van der Waals surface area (Å²) < 4.78 is 5.47. The Morgan fingerprint density at radius 2 is 2.53 bits per heavy atom. The molecule has 2 N–H and O–H groups in total. The number of rotatable bonds is 3. The van der Waals surface area contributed by atoms with Crippen LogP contribution in [0.2, 0.25) is 0 Å². The number of hydrogen-bond donors (Lipinski definition) is 1. The van der Waals surface area contributed by atoms with Gasteiger partial charge < -0.3 is 15.4 Å². The van der Waals surface area contributed by atoms with Gasteiger partial charge in [0, 0.05) is 43.2 Å². The molecule has 1 aliphatic heterocycles. The van der Waals surface area contributed by atoms with E-state index < -0.39 is 0 Å². The van der Waals surface area contributed by atoms with Gasteiger partial charge >= 0.3 is 0 Å². The zero-order valence-electron chi connectivity index (χ0n) is 9.93. The summed E-state index contributed by atoms with van der Waals surface area (Å²) in [6.45, 7) is 2.13. The third-order valence-corrected chi connectivity index (χ3v) is 2.93. The quantitative estimate of drug-likeness (QED) is 0.805. The van der Waals surface area contributed by atoms with Gasteiger partial charge in [-0.25, -0.2) is 0 Å². The molecule has 1 aliphatic rings. The monoisotopic (exact) mass is 235 g/mol. The highest BCUT2D eigenvalue weighted by atomic mass is 16.5. The smallest absolute Gasteiger partial charge is 0.167 e. The highest BCUT2D eigenvalue weighted by Gasteiger charge is 2.25. The predicted octanol–water partition coefficient (Wildman–Crippen LogP) is 0.106. The normalized spacial score (nSPS) is 21.4. The minimum Gasteiger partial charge on any atom is -0.398 e. The van der Waals surface area contributed by atoms with Crippen molar-refractivity contribution in [1.29, 1.82) is 0 Å². The molecule has 1 fully saturated rings. The Morgan fingerprint density at radius 1 is 1.71 bits per heavy atom. The van der Waals surface area contributed by atoms with Crippen LogP contribution in [0.4, 0.5) is 5.69 Å². The first-order valence-electron chi connectivity index (χ1n) is 5.68. The first-order chi connectivity index (χ1) is 8.16. The lowest BCUT2D eigenvalue weighted by atomic mass is 10.0. The molecule has 92 valence electrons. The van der Waals surface area contributed by atoms with Gasteiger partial charge in [0.15, 0.2) is 5.78 Å². The molecule has 5 nitrogen and oxygen atoms in total. The Kier molecular flexibility index (Phi) is 3.71. The Balaban J connectivity index is 1.99. The SMILES string of the molecule is CN1CCOC(C(=O)Cc2cnccc2N)C1. The largest absolute Gasteiger partial charge is 0.398 e. The van der Waals surface area contributed by atoms with Gasteiger partial charge in [0.25, 0.3) is 0 Å². The summed E-state index contributed by atoms with van der Waals surface area (Å²) in [5.41, 5.74) is 7.16. The van der Waals surface area contributed by atoms with E-state index in [9.17, 15) is 4.79 Å². The van der Waals surface area contributed by atoms with Crippen molar-refractivity contribution in [2.75, 3.05) is 32.5 Å². The van der Waals surface area contributed by atoms with E-state index in [0.717, 1.165) is 12.1 Å². The topological polar surface area (TPSA) is 68.5 Å². The number of carbonyl (C=O) groups is 1. The summed E-state index contributed by atoms with van der Waals surface area (Å²) in [5, 5.41) is 0. The Bertz CT molecular complexity index is 408. The molecule has 1 aromatic rings. The first kappa shape index (κ1) is 12.0. The van der Waals surface area contributed by atoms with Gasteiger partial charge in [-0.15, -0.1) is 0 Å². The van der Waals surface area contributed by atoms with E-state index in [-0.39, 0.29) is 18.3 Å². The molecule has 0 bridgehead atoms. The van der Waals surface area contributed by atoms with Crippen LogP contribution in [0.3, 0.4) is 0 Å². The van der Waals surface area contributed by atoms with Gasteiger partial charge in [-0.3, -0.25) is 9.78 Å². The number of Topliss-reactive ketones (excluding diaryl/α,β-unsaturated/α-hetero) is 1. The molecule has 0 radical (unpaired) electrons. The van der Waals surface area contributed by atoms with Gasteiger partial charge in [-0.2, -0.15) is 0 Å². The zero-order valence-corrected chi connectivity index (χ0v) is 9.93. The lowest BCUT2D eigenvalue weighted by molar-refractivity contribution is -0.134. The van der Waals surface area contributed by atoms with Crippen molar-refractivity contribution in [2.45, 2.75) is 12.5 Å². The van der Waals surface area contributed by atoms with Gasteiger partial charge in [-0.05, 0) is 13.1 Å². The lowest BCUT2D eigenvalue weighted by Crippen LogP contribution is -2.44. The number of pyridine rings is 1. The molecule has 0 amide bonds. The van der Waals surface area contributed by atoms with Gasteiger partial charge in [0.05, 0.1) is 6.61 Å². The minimum atomic E-state index is -0.339. The van der Waals surface area contributed by atoms with Crippen LogP contribution < -0.4 is 5.73 Å². The number of morpholine rings is 1. The molecule has 1 aromatic heterocycles. The van der Waals surface area contributed by atoms with Crippen molar-refractivity contribution in [2.24, 2.45) is 0 Å². The van der Waals surface area contributed by atoms with Crippen LogP contribution in [0.25, 0.3) is 0 Å². The third kappa shape index (κ3) is 3.01. The third-order valence-electron chi connectivity index (χ3n) is 2.93. The summed E-state index contributed by atoms with van der Waals surface area (Å²) in [5.74, 6) is 0.0660. The molecule has 0 spiro atoms. The Hall–Kier alpha value is -1.46. The molecule has 0 saturated carbocycles. The second-order valence-electron chi connectivity index (χ2n) is 4.34. The maximum absolute atomic E-state index is 12.0. The zero-order chi connectivity index (χ0) is 12.3. The van der Waals surface area contributed by atoms with Crippen LogP contribution in [0.15, 0.2) is 18.5 Å². The summed E-state index contributed by atoms with van der Waals surface area (Å²) >= 11 is 0. The molecule has 2 heterocycles. The molecule has 1 unspecified atom stereocenters. The molecule has 0 aliphatic carbocycles. The minimum absolute atomic E-state index is 0.0660. The number of hydrogen-bond acceptors (Lipinski definition) is 5. The molecule has 2 rings (SSSR count). The highest BCUT2D eigenvalue weighted by molar-refractivity contribution is 5.86. The molecule has 1 atom stereocenters. The van der Waals surface area contributed by atoms with E-state index in [1.807, 2.05) is 7.05 Å². The average molecular weight is 235 g/mol. The lowest BCUT2D eigenvalue weighted by Gasteiger charge is -2.29. The van der Waals surface area contributed by atoms with Crippen LogP contribution in [-0.4, -0.2) is 48.5 Å². The maximum Gasteiger partial charge on any atom is 0.167 e. The number of nitrogen functional groups attached to an aromatic ring is 1. The average Bonchev–Trinajstić information content (AvgIpc) is 2.32. The summed E-state index contributed by atoms with van der Waals surface area (Å²) in [7, 11) is 1.99. The number of aromatic nitrogens is 1. The van der Waals surface area contributed by atoms with E-state index in [1.165, 1.54) is 0 Å². The van der Waals surface area contributed by atoms with E-state index in [1.54, 1.807) is 18.5 Å². The van der Waals surface area contributed by atoms with Crippen LogP contribution >= 0.6 is 0 Å². The van der Waals surface area contributed by atoms with Crippen LogP contribution in [-0.2, 0) is 16.0 Å². The summed E-state index contributed by atoms with van der Waals surface area (Å²) in [6, 6.07) is 1.70. The molecule has 17 heavy (non-hydrogen) atoms. The Labute approximate surface area is 101 Å². The number of nitrogens with two attached hydrogens (primary N) is 1. The maximum atomic E-state index is 12.0. The number of nitrogens with zero attached hydrogens (tertiary/aromatic N) is 2. The fourth-order valence-electron chi connectivity index (χ4n) is 1.86. The number of ketones is 1. The number of anilines is 1. The van der Waals surface area contributed by atoms with Gasteiger partial charge in [-0.1, -0.05) is 0 Å². The molecule has 1 saturated heterocycles. The fraction of sp³-hybridized carbons (Fsp3) is 0.500. The van der Waals surface area contributed by atoms with Gasteiger partial charge in [0.1, 0.15) is 6.10 Å². The van der Waals surface area contributed by atoms with E-state index in [2.05, 4.69) is 9.88 Å². The van der Waals surface area contributed by atoms with Gasteiger partial charge in [0.2, 0.25) is 0 Å². The molecular formula is C12H17N3O2. The number of ether oxygens (including phenoxy) is 1. The van der Waals surface area contributed by atoms with Crippen molar-refractivity contribution >= 4 is 11.5 Å². The molecule has 0 aromatic carbocycles. The van der Waals surface area contributed by atoms with Crippen LogP contribution in [0, 0.1) is 0 Å². The van der Waals surface area contributed by atoms with Crippen molar-refractivity contribution < 1.29 is 9.53 Å². The predicted molar refractivity (Wildman–Crippen MR) is 64.6 cm³/mol. The van der Waals surface area contributed by atoms with Crippen molar-refractivity contribution in [3.05, 3.63) is 24.0 Å². The van der Waals surface area contributed by atoms with Crippen molar-refractivity contribution in [3.63, 3.8) is 0 Å². The van der Waals surface area contributed by atoms with E-state index >= 15 is 0 Å². The highest BCUT2D eigenvalue weighted by Crippen LogP contribution is 2.13. The number of carbonyl (C=O) groups excluding carboxylic acids is 1. The standard InChI is InChI=1S/C12H17N3O2/c1-15-4-5-17-12(8-15)11(16)6-9-7-14-3-2-10(9)13/h2-3,7,12H,4-6,8H2,1H3,(H2,13,14). The van der Waals surface area contributed by atoms with Crippen molar-refractivity contribution in [3.8, 4) is 0 Å². The van der Waals surface area contributed by atoms with Crippen molar-refractivity contribution in [1.82, 2.24) is 9.88 Å². The number of likely N-dealkylation sites (N-methyl/N-ethyl adjacent to an activating group) is 1. The van der Waals surface area contributed by atoms with Crippen LogP contribution in [0.1, 0.15) is 5.56 Å². The Morgan fingerprint density at radius 3 is 3.24 bits per heavy atom. The van der Waals surface area contributed by atoms with E-state index in [4.69, 9.17) is 10.5 Å².